The number of imidazole rings is 1. The van der Waals surface area contributed by atoms with Crippen LogP contribution in [0.15, 0.2) is 6.33 Å². The first kappa shape index (κ1) is 12.2. The fourth-order valence-electron chi connectivity index (χ4n) is 3.66. The SMILES string of the molecule is CCCCn1cnc2c1CCNC21CCCCC1. The molecule has 0 aromatic carbocycles. The highest BCUT2D eigenvalue weighted by atomic mass is 15.1. The molecular formula is C15H25N3. The van der Waals surface area contributed by atoms with Gasteiger partial charge in [0.05, 0.1) is 17.6 Å². The summed E-state index contributed by atoms with van der Waals surface area (Å²) in [6.45, 7) is 4.54. The van der Waals surface area contributed by atoms with E-state index in [9.17, 15) is 0 Å². The average molecular weight is 247 g/mol. The van der Waals surface area contributed by atoms with Gasteiger partial charge in [0.25, 0.3) is 0 Å². The highest BCUT2D eigenvalue weighted by Gasteiger charge is 2.39. The van der Waals surface area contributed by atoms with E-state index < -0.39 is 0 Å². The van der Waals surface area contributed by atoms with Crippen molar-refractivity contribution in [1.29, 1.82) is 0 Å². The highest BCUT2D eigenvalue weighted by molar-refractivity contribution is 5.27. The maximum absolute atomic E-state index is 4.79. The van der Waals surface area contributed by atoms with Crippen molar-refractivity contribution in [2.75, 3.05) is 6.54 Å². The molecule has 2 aliphatic rings. The Hall–Kier alpha value is -0.830. The molecule has 1 N–H and O–H groups in total. The van der Waals surface area contributed by atoms with Crippen LogP contribution in [-0.2, 0) is 18.5 Å². The largest absolute Gasteiger partial charge is 0.334 e. The van der Waals surface area contributed by atoms with Crippen molar-refractivity contribution < 1.29 is 0 Å². The van der Waals surface area contributed by atoms with Crippen molar-refractivity contribution in [3.63, 3.8) is 0 Å². The lowest BCUT2D eigenvalue weighted by Crippen LogP contribution is -2.49. The molecule has 0 atom stereocenters. The van der Waals surface area contributed by atoms with Crippen LogP contribution in [0.4, 0.5) is 0 Å². The monoisotopic (exact) mass is 247 g/mol. The average Bonchev–Trinajstić information content (AvgIpc) is 2.82. The first-order valence-corrected chi connectivity index (χ1v) is 7.65. The molecule has 2 heterocycles. The van der Waals surface area contributed by atoms with Crippen molar-refractivity contribution >= 4 is 0 Å². The van der Waals surface area contributed by atoms with Gasteiger partial charge in [0, 0.05) is 25.2 Å². The van der Waals surface area contributed by atoms with E-state index >= 15 is 0 Å². The molecule has 1 fully saturated rings. The number of fused-ring (bicyclic) bond motifs is 2. The molecule has 18 heavy (non-hydrogen) atoms. The lowest BCUT2D eigenvalue weighted by atomic mass is 9.76. The molecule has 1 saturated carbocycles. The Morgan fingerprint density at radius 2 is 2.17 bits per heavy atom. The minimum atomic E-state index is 0.225. The number of hydrogen-bond donors (Lipinski definition) is 1. The summed E-state index contributed by atoms with van der Waals surface area (Å²) in [4.78, 5) is 4.79. The van der Waals surface area contributed by atoms with Crippen LogP contribution in [-0.4, -0.2) is 16.1 Å². The van der Waals surface area contributed by atoms with E-state index in [4.69, 9.17) is 4.98 Å². The summed E-state index contributed by atoms with van der Waals surface area (Å²) in [5, 5.41) is 3.78. The summed E-state index contributed by atoms with van der Waals surface area (Å²) in [5.41, 5.74) is 3.12. The van der Waals surface area contributed by atoms with E-state index in [1.807, 2.05) is 0 Å². The second-order valence-corrected chi connectivity index (χ2v) is 5.91. The number of aromatic nitrogens is 2. The van der Waals surface area contributed by atoms with Crippen LogP contribution < -0.4 is 5.32 Å². The highest BCUT2D eigenvalue weighted by Crippen LogP contribution is 2.39. The Morgan fingerprint density at radius 3 is 2.94 bits per heavy atom. The van der Waals surface area contributed by atoms with Crippen molar-refractivity contribution in [2.24, 2.45) is 0 Å². The van der Waals surface area contributed by atoms with E-state index in [1.54, 1.807) is 0 Å². The molecular weight excluding hydrogens is 222 g/mol. The van der Waals surface area contributed by atoms with Gasteiger partial charge in [-0.25, -0.2) is 4.98 Å². The molecule has 0 radical (unpaired) electrons. The maximum atomic E-state index is 4.79. The third-order valence-electron chi connectivity index (χ3n) is 4.68. The Morgan fingerprint density at radius 1 is 1.33 bits per heavy atom. The van der Waals surface area contributed by atoms with Gasteiger partial charge in [-0.1, -0.05) is 32.6 Å². The van der Waals surface area contributed by atoms with Crippen molar-refractivity contribution in [2.45, 2.75) is 70.4 Å². The zero-order chi connectivity index (χ0) is 12.4. The van der Waals surface area contributed by atoms with Crippen molar-refractivity contribution in [1.82, 2.24) is 14.9 Å². The van der Waals surface area contributed by atoms with Crippen LogP contribution in [0.3, 0.4) is 0 Å². The summed E-state index contributed by atoms with van der Waals surface area (Å²) < 4.78 is 2.41. The van der Waals surface area contributed by atoms with E-state index in [1.165, 1.54) is 56.3 Å². The molecule has 3 heteroatoms. The molecule has 1 aromatic heterocycles. The molecule has 100 valence electrons. The third kappa shape index (κ3) is 1.99. The van der Waals surface area contributed by atoms with Crippen LogP contribution in [0.1, 0.15) is 63.3 Å². The zero-order valence-corrected chi connectivity index (χ0v) is 11.5. The molecule has 1 aromatic rings. The molecule has 0 bridgehead atoms. The number of aryl methyl sites for hydroxylation is 1. The first-order valence-electron chi connectivity index (χ1n) is 7.65. The van der Waals surface area contributed by atoms with E-state index in [0.717, 1.165) is 19.5 Å². The van der Waals surface area contributed by atoms with E-state index in [-0.39, 0.29) is 5.54 Å². The maximum Gasteiger partial charge on any atom is 0.0952 e. The van der Waals surface area contributed by atoms with Gasteiger partial charge in [-0.05, 0) is 19.3 Å². The fraction of sp³-hybridized carbons (Fsp3) is 0.800. The Bertz CT molecular complexity index is 402. The number of hydrogen-bond acceptors (Lipinski definition) is 2. The Kier molecular flexibility index (Phi) is 3.42. The zero-order valence-electron chi connectivity index (χ0n) is 11.5. The molecule has 3 rings (SSSR count). The fourth-order valence-corrected chi connectivity index (χ4v) is 3.66. The molecule has 3 nitrogen and oxygen atoms in total. The first-order chi connectivity index (χ1) is 8.86. The van der Waals surface area contributed by atoms with Gasteiger partial charge in [0.15, 0.2) is 0 Å². The normalized spacial score (nSPS) is 22.1. The number of unbranched alkanes of at least 4 members (excludes halogenated alkanes) is 1. The summed E-state index contributed by atoms with van der Waals surface area (Å²) in [6, 6.07) is 0. The summed E-state index contributed by atoms with van der Waals surface area (Å²) in [6.07, 6.45) is 12.4. The van der Waals surface area contributed by atoms with Gasteiger partial charge >= 0.3 is 0 Å². The summed E-state index contributed by atoms with van der Waals surface area (Å²) in [5.74, 6) is 0. The summed E-state index contributed by atoms with van der Waals surface area (Å²) in [7, 11) is 0. The Balaban J connectivity index is 1.89. The van der Waals surface area contributed by atoms with Gasteiger partial charge in [-0.2, -0.15) is 0 Å². The molecule has 0 amide bonds. The van der Waals surface area contributed by atoms with Crippen LogP contribution in [0.2, 0.25) is 0 Å². The van der Waals surface area contributed by atoms with Crippen LogP contribution in [0.5, 0.6) is 0 Å². The number of rotatable bonds is 3. The summed E-state index contributed by atoms with van der Waals surface area (Å²) >= 11 is 0. The van der Waals surface area contributed by atoms with Crippen LogP contribution >= 0.6 is 0 Å². The van der Waals surface area contributed by atoms with Crippen LogP contribution in [0, 0.1) is 0 Å². The van der Waals surface area contributed by atoms with Crippen molar-refractivity contribution in [3.8, 4) is 0 Å². The lowest BCUT2D eigenvalue weighted by Gasteiger charge is -2.40. The minimum Gasteiger partial charge on any atom is -0.334 e. The number of nitrogens with zero attached hydrogens (tertiary/aromatic N) is 2. The van der Waals surface area contributed by atoms with E-state index in [0.29, 0.717) is 0 Å². The molecule has 1 aliphatic heterocycles. The quantitative estimate of drug-likeness (QED) is 0.890. The van der Waals surface area contributed by atoms with Gasteiger partial charge in [0.2, 0.25) is 0 Å². The predicted octanol–water partition coefficient (Wildman–Crippen LogP) is 2.99. The molecule has 0 saturated heterocycles. The van der Waals surface area contributed by atoms with Gasteiger partial charge < -0.3 is 9.88 Å². The standard InChI is InChI=1S/C15H25N3/c1-2-3-11-18-12-16-14-13(18)7-10-17-15(14)8-5-4-6-9-15/h12,17H,2-11H2,1H3. The van der Waals surface area contributed by atoms with Gasteiger partial charge in [-0.15, -0.1) is 0 Å². The topological polar surface area (TPSA) is 29.9 Å². The second-order valence-electron chi connectivity index (χ2n) is 5.91. The van der Waals surface area contributed by atoms with Crippen LogP contribution in [0.25, 0.3) is 0 Å². The third-order valence-corrected chi connectivity index (χ3v) is 4.68. The predicted molar refractivity (Wildman–Crippen MR) is 73.6 cm³/mol. The Labute approximate surface area is 110 Å². The lowest BCUT2D eigenvalue weighted by molar-refractivity contribution is 0.215. The molecule has 1 aliphatic carbocycles. The molecule has 1 spiro atoms. The minimum absolute atomic E-state index is 0.225. The smallest absolute Gasteiger partial charge is 0.0952 e. The van der Waals surface area contributed by atoms with Crippen molar-refractivity contribution in [3.05, 3.63) is 17.7 Å². The van der Waals surface area contributed by atoms with E-state index in [2.05, 4.69) is 23.1 Å². The van der Waals surface area contributed by atoms with Gasteiger partial charge in [0.1, 0.15) is 0 Å². The van der Waals surface area contributed by atoms with Gasteiger partial charge in [-0.3, -0.25) is 0 Å². The molecule has 0 unspecified atom stereocenters. The number of nitrogens with one attached hydrogen (secondary N) is 1. The second kappa shape index (κ2) is 5.04.